The lowest BCUT2D eigenvalue weighted by atomic mass is 9.97. The van der Waals surface area contributed by atoms with Gasteiger partial charge in [0.15, 0.2) is 0 Å². The van der Waals surface area contributed by atoms with E-state index in [1.54, 1.807) is 11.5 Å². The predicted molar refractivity (Wildman–Crippen MR) is 98.5 cm³/mol. The van der Waals surface area contributed by atoms with Gasteiger partial charge in [0.25, 0.3) is 0 Å². The lowest BCUT2D eigenvalue weighted by Crippen LogP contribution is -2.33. The highest BCUT2D eigenvalue weighted by Gasteiger charge is 2.21. The molecule has 0 N–H and O–H groups in total. The standard InChI is InChI=1S/C20H20N2S/c1-15-11-17(20-18-9-5-6-10-19(18)23-21-20)14-22(12-15)13-16-7-3-2-4-8-16/h2-11,15H,12-14H2,1H3. The molecule has 0 saturated heterocycles. The van der Waals surface area contributed by atoms with Crippen molar-refractivity contribution in [2.75, 3.05) is 13.1 Å². The number of hydrogen-bond donors (Lipinski definition) is 0. The molecule has 2 heterocycles. The van der Waals surface area contributed by atoms with Crippen LogP contribution in [0.1, 0.15) is 18.2 Å². The number of benzene rings is 2. The van der Waals surface area contributed by atoms with Crippen LogP contribution < -0.4 is 0 Å². The smallest absolute Gasteiger partial charge is 0.0888 e. The van der Waals surface area contributed by atoms with Gasteiger partial charge in [-0.1, -0.05) is 61.5 Å². The zero-order chi connectivity index (χ0) is 15.6. The number of aromatic nitrogens is 1. The third-order valence-electron chi connectivity index (χ3n) is 4.36. The van der Waals surface area contributed by atoms with E-state index < -0.39 is 0 Å². The lowest BCUT2D eigenvalue weighted by molar-refractivity contribution is 0.264. The Morgan fingerprint density at radius 1 is 1.09 bits per heavy atom. The molecule has 3 heteroatoms. The maximum absolute atomic E-state index is 4.74. The topological polar surface area (TPSA) is 16.1 Å². The molecule has 2 aromatic carbocycles. The summed E-state index contributed by atoms with van der Waals surface area (Å²) in [6.45, 7) is 5.39. The van der Waals surface area contributed by atoms with E-state index in [1.807, 2.05) is 0 Å². The van der Waals surface area contributed by atoms with Crippen molar-refractivity contribution in [2.45, 2.75) is 13.5 Å². The molecule has 116 valence electrons. The number of nitrogens with zero attached hydrogens (tertiary/aromatic N) is 2. The van der Waals surface area contributed by atoms with Crippen LogP contribution in [0.3, 0.4) is 0 Å². The fourth-order valence-electron chi connectivity index (χ4n) is 3.39. The zero-order valence-corrected chi connectivity index (χ0v) is 14.1. The predicted octanol–water partition coefficient (Wildman–Crippen LogP) is 4.83. The van der Waals surface area contributed by atoms with Crippen LogP contribution in [-0.2, 0) is 6.54 Å². The summed E-state index contributed by atoms with van der Waals surface area (Å²) in [5.41, 5.74) is 3.93. The molecule has 1 aliphatic heterocycles. The van der Waals surface area contributed by atoms with Gasteiger partial charge in [-0.05, 0) is 34.7 Å². The SMILES string of the molecule is CC1C=C(c2nsc3ccccc23)CN(Cc2ccccc2)C1. The fraction of sp³-hybridized carbons (Fsp3) is 0.250. The molecule has 1 atom stereocenters. The molecule has 0 amide bonds. The van der Waals surface area contributed by atoms with Crippen molar-refractivity contribution in [3.63, 3.8) is 0 Å². The average molecular weight is 320 g/mol. The Morgan fingerprint density at radius 3 is 2.74 bits per heavy atom. The molecule has 0 spiro atoms. The fourth-order valence-corrected chi connectivity index (χ4v) is 4.20. The van der Waals surface area contributed by atoms with Gasteiger partial charge in [0.1, 0.15) is 0 Å². The van der Waals surface area contributed by atoms with Crippen LogP contribution in [0.15, 0.2) is 60.7 Å². The van der Waals surface area contributed by atoms with Gasteiger partial charge in [-0.15, -0.1) is 0 Å². The molecular weight excluding hydrogens is 300 g/mol. The number of rotatable bonds is 3. The molecule has 23 heavy (non-hydrogen) atoms. The summed E-state index contributed by atoms with van der Waals surface area (Å²) in [6, 6.07) is 19.3. The molecule has 0 bridgehead atoms. The molecule has 1 aromatic heterocycles. The molecule has 3 aromatic rings. The molecule has 0 saturated carbocycles. The monoisotopic (exact) mass is 320 g/mol. The van der Waals surface area contributed by atoms with E-state index in [1.165, 1.54) is 26.9 Å². The van der Waals surface area contributed by atoms with Crippen molar-refractivity contribution in [1.29, 1.82) is 0 Å². The van der Waals surface area contributed by atoms with Crippen LogP contribution in [-0.4, -0.2) is 22.4 Å². The second kappa shape index (κ2) is 6.26. The Hall–Kier alpha value is -1.97. The van der Waals surface area contributed by atoms with Crippen molar-refractivity contribution in [1.82, 2.24) is 9.27 Å². The van der Waals surface area contributed by atoms with Crippen molar-refractivity contribution < 1.29 is 0 Å². The van der Waals surface area contributed by atoms with Crippen molar-refractivity contribution >= 4 is 27.2 Å². The van der Waals surface area contributed by atoms with E-state index in [0.717, 1.165) is 19.6 Å². The van der Waals surface area contributed by atoms with E-state index in [0.29, 0.717) is 5.92 Å². The van der Waals surface area contributed by atoms with E-state index in [2.05, 4.69) is 72.5 Å². The van der Waals surface area contributed by atoms with Crippen LogP contribution >= 0.6 is 11.5 Å². The molecule has 0 aliphatic carbocycles. The van der Waals surface area contributed by atoms with Gasteiger partial charge in [-0.2, -0.15) is 4.37 Å². The van der Waals surface area contributed by atoms with Crippen LogP contribution in [0, 0.1) is 5.92 Å². The third kappa shape index (κ3) is 3.07. The first kappa shape index (κ1) is 14.6. The van der Waals surface area contributed by atoms with Crippen LogP contribution in [0.2, 0.25) is 0 Å². The summed E-state index contributed by atoms with van der Waals surface area (Å²) < 4.78 is 6.02. The first-order valence-corrected chi connectivity index (χ1v) is 8.89. The van der Waals surface area contributed by atoms with Crippen LogP contribution in [0.4, 0.5) is 0 Å². The summed E-state index contributed by atoms with van der Waals surface area (Å²) >= 11 is 1.60. The second-order valence-corrected chi connectivity index (χ2v) is 7.16. The normalized spacial score (nSPS) is 19.0. The van der Waals surface area contributed by atoms with E-state index >= 15 is 0 Å². The first-order chi connectivity index (χ1) is 11.3. The highest BCUT2D eigenvalue weighted by atomic mass is 32.1. The quantitative estimate of drug-likeness (QED) is 0.687. The molecule has 2 nitrogen and oxygen atoms in total. The van der Waals surface area contributed by atoms with Gasteiger partial charge in [0.05, 0.1) is 10.4 Å². The Balaban J connectivity index is 1.61. The van der Waals surface area contributed by atoms with E-state index in [4.69, 9.17) is 4.37 Å². The van der Waals surface area contributed by atoms with Crippen molar-refractivity contribution in [3.05, 3.63) is 71.9 Å². The number of fused-ring (bicyclic) bond motifs is 1. The molecule has 0 fully saturated rings. The Bertz CT molecular complexity index is 835. The summed E-state index contributed by atoms with van der Waals surface area (Å²) in [6.07, 6.45) is 2.41. The molecule has 1 aliphatic rings. The summed E-state index contributed by atoms with van der Waals surface area (Å²) in [7, 11) is 0. The van der Waals surface area contributed by atoms with Gasteiger partial charge in [-0.3, -0.25) is 4.90 Å². The average Bonchev–Trinajstić information content (AvgIpc) is 2.99. The van der Waals surface area contributed by atoms with E-state index in [9.17, 15) is 0 Å². The molecule has 1 unspecified atom stereocenters. The Labute approximate surface area is 141 Å². The highest BCUT2D eigenvalue weighted by Crippen LogP contribution is 2.31. The first-order valence-electron chi connectivity index (χ1n) is 8.11. The molecular formula is C20H20N2S. The maximum Gasteiger partial charge on any atom is 0.0888 e. The second-order valence-electron chi connectivity index (χ2n) is 6.35. The highest BCUT2D eigenvalue weighted by molar-refractivity contribution is 7.13. The minimum Gasteiger partial charge on any atom is -0.294 e. The van der Waals surface area contributed by atoms with Crippen molar-refractivity contribution in [3.8, 4) is 0 Å². The maximum atomic E-state index is 4.74. The lowest BCUT2D eigenvalue weighted by Gasteiger charge is -2.30. The molecule has 4 rings (SSSR count). The van der Waals surface area contributed by atoms with E-state index in [-0.39, 0.29) is 0 Å². The van der Waals surface area contributed by atoms with Crippen LogP contribution in [0.25, 0.3) is 15.7 Å². The van der Waals surface area contributed by atoms with Gasteiger partial charge in [0, 0.05) is 25.0 Å². The summed E-state index contributed by atoms with van der Waals surface area (Å²) in [5, 5.41) is 1.29. The van der Waals surface area contributed by atoms with Crippen molar-refractivity contribution in [2.24, 2.45) is 5.92 Å². The van der Waals surface area contributed by atoms with Crippen LogP contribution in [0.5, 0.6) is 0 Å². The number of hydrogen-bond acceptors (Lipinski definition) is 3. The zero-order valence-electron chi connectivity index (χ0n) is 13.3. The minimum atomic E-state index is 0.558. The molecule has 0 radical (unpaired) electrons. The Morgan fingerprint density at radius 2 is 1.87 bits per heavy atom. The van der Waals surface area contributed by atoms with Gasteiger partial charge < -0.3 is 0 Å². The summed E-state index contributed by atoms with van der Waals surface area (Å²) in [4.78, 5) is 2.53. The Kier molecular flexibility index (Phi) is 3.98. The minimum absolute atomic E-state index is 0.558. The summed E-state index contributed by atoms with van der Waals surface area (Å²) in [5.74, 6) is 0.558. The largest absolute Gasteiger partial charge is 0.294 e. The van der Waals surface area contributed by atoms with Gasteiger partial charge >= 0.3 is 0 Å². The third-order valence-corrected chi connectivity index (χ3v) is 5.18. The van der Waals surface area contributed by atoms with Gasteiger partial charge in [0.2, 0.25) is 0 Å². The van der Waals surface area contributed by atoms with Gasteiger partial charge in [-0.25, -0.2) is 0 Å².